The van der Waals surface area contributed by atoms with Gasteiger partial charge in [-0.05, 0) is 38.3 Å². The zero-order valence-electron chi connectivity index (χ0n) is 14.3. The summed E-state index contributed by atoms with van der Waals surface area (Å²) in [5.41, 5.74) is 3.72. The third-order valence-electron chi connectivity index (χ3n) is 5.71. The molecule has 0 aliphatic carbocycles. The lowest BCUT2D eigenvalue weighted by molar-refractivity contribution is 0.216. The minimum absolute atomic E-state index is 0.295. The second kappa shape index (κ2) is 6.11. The molecule has 5 rings (SSSR count). The summed E-state index contributed by atoms with van der Waals surface area (Å²) in [5, 5.41) is 8.15. The minimum Gasteiger partial charge on any atom is -0.369 e. The highest BCUT2D eigenvalue weighted by atomic mass is 32.1. The second-order valence-electron chi connectivity index (χ2n) is 7.28. The van der Waals surface area contributed by atoms with Gasteiger partial charge in [-0.1, -0.05) is 6.42 Å². The molecule has 25 heavy (non-hydrogen) atoms. The van der Waals surface area contributed by atoms with Crippen molar-refractivity contribution in [3.8, 4) is 10.6 Å². The van der Waals surface area contributed by atoms with Crippen LogP contribution in [0, 0.1) is 0 Å². The summed E-state index contributed by atoms with van der Waals surface area (Å²) in [7, 11) is 0. The molecule has 5 nitrogen and oxygen atoms in total. The molecular weight excluding hydrogens is 330 g/mol. The number of piperidine rings is 2. The first-order valence-electron chi connectivity index (χ1n) is 9.21. The van der Waals surface area contributed by atoms with Gasteiger partial charge in [-0.15, -0.1) is 11.3 Å². The molecule has 3 aromatic heterocycles. The topological polar surface area (TPSA) is 56.8 Å². The molecule has 5 heterocycles. The van der Waals surface area contributed by atoms with Crippen LogP contribution in [0.5, 0.6) is 0 Å². The van der Waals surface area contributed by atoms with E-state index in [9.17, 15) is 0 Å². The van der Waals surface area contributed by atoms with E-state index in [1.54, 1.807) is 11.3 Å². The maximum atomic E-state index is 4.55. The van der Waals surface area contributed by atoms with Crippen LogP contribution in [0.4, 0.5) is 5.69 Å². The van der Waals surface area contributed by atoms with Crippen molar-refractivity contribution >= 4 is 28.1 Å². The van der Waals surface area contributed by atoms with Crippen molar-refractivity contribution in [3.05, 3.63) is 30.0 Å². The Bertz CT molecular complexity index is 858. The molecule has 1 spiro atoms. The summed E-state index contributed by atoms with van der Waals surface area (Å²) in [6, 6.07) is 2.18. The van der Waals surface area contributed by atoms with Gasteiger partial charge in [-0.3, -0.25) is 0 Å². The van der Waals surface area contributed by atoms with Crippen LogP contribution < -0.4 is 10.2 Å². The number of aromatic amines is 1. The molecule has 0 saturated carbocycles. The van der Waals surface area contributed by atoms with Crippen molar-refractivity contribution in [2.45, 2.75) is 37.6 Å². The van der Waals surface area contributed by atoms with Crippen LogP contribution in [0.25, 0.3) is 21.6 Å². The van der Waals surface area contributed by atoms with Gasteiger partial charge in [0.25, 0.3) is 0 Å². The fourth-order valence-electron chi connectivity index (χ4n) is 4.54. The molecule has 130 valence electrons. The second-order valence-corrected chi connectivity index (χ2v) is 8.18. The Kier molecular flexibility index (Phi) is 3.75. The number of rotatable bonds is 2. The first-order chi connectivity index (χ1) is 12.3. The molecule has 0 radical (unpaired) electrons. The Balaban J connectivity index is 1.57. The maximum absolute atomic E-state index is 4.55. The summed E-state index contributed by atoms with van der Waals surface area (Å²) < 4.78 is 0. The Morgan fingerprint density at radius 2 is 2.08 bits per heavy atom. The van der Waals surface area contributed by atoms with Gasteiger partial charge < -0.3 is 15.2 Å². The molecule has 2 N–H and O–H groups in total. The third kappa shape index (κ3) is 2.64. The highest BCUT2D eigenvalue weighted by Gasteiger charge is 2.37. The largest absolute Gasteiger partial charge is 0.369 e. The van der Waals surface area contributed by atoms with Crippen LogP contribution in [0.3, 0.4) is 0 Å². The highest BCUT2D eigenvalue weighted by molar-refractivity contribution is 7.13. The van der Waals surface area contributed by atoms with Crippen LogP contribution in [0.15, 0.2) is 30.0 Å². The number of pyridine rings is 1. The van der Waals surface area contributed by atoms with Crippen LogP contribution in [-0.4, -0.2) is 40.1 Å². The zero-order valence-corrected chi connectivity index (χ0v) is 15.1. The first kappa shape index (κ1) is 15.3. The summed E-state index contributed by atoms with van der Waals surface area (Å²) in [5.74, 6) is 0. The van der Waals surface area contributed by atoms with Crippen LogP contribution in [0.2, 0.25) is 0 Å². The number of nitrogens with one attached hydrogen (secondary N) is 2. The maximum Gasteiger partial charge on any atom is 0.140 e. The van der Waals surface area contributed by atoms with Crippen molar-refractivity contribution in [1.29, 1.82) is 0 Å². The number of hydrogen-bond acceptors (Lipinski definition) is 5. The Hall–Kier alpha value is -1.92. The Labute approximate surface area is 151 Å². The molecule has 2 aliphatic heterocycles. The van der Waals surface area contributed by atoms with Crippen molar-refractivity contribution in [1.82, 2.24) is 20.3 Å². The van der Waals surface area contributed by atoms with E-state index in [2.05, 4.69) is 37.4 Å². The van der Waals surface area contributed by atoms with Crippen LogP contribution >= 0.6 is 11.3 Å². The number of hydrogen-bond donors (Lipinski definition) is 2. The van der Waals surface area contributed by atoms with E-state index in [4.69, 9.17) is 0 Å². The van der Waals surface area contributed by atoms with Gasteiger partial charge in [-0.2, -0.15) is 0 Å². The Morgan fingerprint density at radius 1 is 1.12 bits per heavy atom. The van der Waals surface area contributed by atoms with Gasteiger partial charge in [-0.25, -0.2) is 9.97 Å². The molecule has 0 unspecified atom stereocenters. The fourth-order valence-corrected chi connectivity index (χ4v) is 5.20. The van der Waals surface area contributed by atoms with Crippen molar-refractivity contribution in [2.75, 3.05) is 24.5 Å². The zero-order chi connectivity index (χ0) is 16.7. The van der Waals surface area contributed by atoms with Crippen molar-refractivity contribution in [2.24, 2.45) is 0 Å². The number of aromatic nitrogens is 3. The predicted octanol–water partition coefficient (Wildman–Crippen LogP) is 3.80. The first-order valence-corrected chi connectivity index (χ1v) is 10.1. The van der Waals surface area contributed by atoms with Gasteiger partial charge in [0.1, 0.15) is 10.7 Å². The predicted molar refractivity (Wildman–Crippen MR) is 103 cm³/mol. The quantitative estimate of drug-likeness (QED) is 0.736. The molecule has 0 amide bonds. The van der Waals surface area contributed by atoms with Gasteiger partial charge in [0.2, 0.25) is 0 Å². The van der Waals surface area contributed by atoms with E-state index in [1.165, 1.54) is 48.7 Å². The van der Waals surface area contributed by atoms with E-state index in [0.717, 1.165) is 30.3 Å². The number of anilines is 1. The SMILES string of the molecule is c1csc(-c2c[nH]c3nccc(N4CCC[C@]5(CCCCN5)C4)c23)n1. The van der Waals surface area contributed by atoms with E-state index in [1.807, 2.05) is 17.8 Å². The number of fused-ring (bicyclic) bond motifs is 1. The smallest absolute Gasteiger partial charge is 0.140 e. The lowest BCUT2D eigenvalue weighted by atomic mass is 9.81. The normalized spacial score (nSPS) is 24.2. The molecule has 6 heteroatoms. The molecule has 2 saturated heterocycles. The molecule has 1 atom stereocenters. The molecule has 3 aromatic rings. The lowest BCUT2D eigenvalue weighted by Crippen LogP contribution is -2.59. The van der Waals surface area contributed by atoms with E-state index in [0.29, 0.717) is 5.54 Å². The molecule has 0 aromatic carbocycles. The fraction of sp³-hybridized carbons (Fsp3) is 0.474. The van der Waals surface area contributed by atoms with Gasteiger partial charge in [0.05, 0.1) is 11.1 Å². The summed E-state index contributed by atoms with van der Waals surface area (Å²) in [6.45, 7) is 3.37. The van der Waals surface area contributed by atoms with Crippen molar-refractivity contribution < 1.29 is 0 Å². The molecule has 2 aliphatic rings. The van der Waals surface area contributed by atoms with Gasteiger partial charge in [0, 0.05) is 48.2 Å². The summed E-state index contributed by atoms with van der Waals surface area (Å²) in [6.07, 6.45) is 12.3. The summed E-state index contributed by atoms with van der Waals surface area (Å²) >= 11 is 1.68. The van der Waals surface area contributed by atoms with E-state index < -0.39 is 0 Å². The van der Waals surface area contributed by atoms with E-state index >= 15 is 0 Å². The standard InChI is InChI=1S/C19H23N5S/c1-2-7-23-19(5-1)6-3-10-24(13-19)15-4-8-20-17-16(15)14(12-22-17)18-21-9-11-25-18/h4,8-9,11-12,23H,1-3,5-7,10,13H2,(H,20,22)/t19-/m1/s1. The average molecular weight is 353 g/mol. The van der Waals surface area contributed by atoms with Crippen molar-refractivity contribution in [3.63, 3.8) is 0 Å². The van der Waals surface area contributed by atoms with E-state index in [-0.39, 0.29) is 0 Å². The third-order valence-corrected chi connectivity index (χ3v) is 6.52. The van der Waals surface area contributed by atoms with Crippen LogP contribution in [0.1, 0.15) is 32.1 Å². The van der Waals surface area contributed by atoms with Gasteiger partial charge >= 0.3 is 0 Å². The summed E-state index contributed by atoms with van der Waals surface area (Å²) in [4.78, 5) is 15.0. The molecule has 2 fully saturated rings. The Morgan fingerprint density at radius 3 is 2.92 bits per heavy atom. The number of nitrogens with zero attached hydrogens (tertiary/aromatic N) is 3. The lowest BCUT2D eigenvalue weighted by Gasteiger charge is -2.47. The minimum atomic E-state index is 0.295. The van der Waals surface area contributed by atoms with Gasteiger partial charge in [0.15, 0.2) is 0 Å². The molecular formula is C19H23N5S. The number of H-pyrrole nitrogens is 1. The number of thiazole rings is 1. The highest BCUT2D eigenvalue weighted by Crippen LogP contribution is 2.38. The average Bonchev–Trinajstić information content (AvgIpc) is 3.31. The monoisotopic (exact) mass is 353 g/mol. The van der Waals surface area contributed by atoms with Crippen LogP contribution in [-0.2, 0) is 0 Å². The molecule has 0 bridgehead atoms.